The van der Waals surface area contributed by atoms with Crippen molar-refractivity contribution in [2.75, 3.05) is 6.61 Å². The van der Waals surface area contributed by atoms with Gasteiger partial charge in [0.1, 0.15) is 0 Å². The summed E-state index contributed by atoms with van der Waals surface area (Å²) in [5.74, 6) is -0.780. The van der Waals surface area contributed by atoms with E-state index in [9.17, 15) is 0 Å². The van der Waals surface area contributed by atoms with Crippen molar-refractivity contribution in [1.29, 1.82) is 0 Å². The van der Waals surface area contributed by atoms with Crippen molar-refractivity contribution in [2.24, 2.45) is 5.41 Å². The predicted octanol–water partition coefficient (Wildman–Crippen LogP) is 5.02. The van der Waals surface area contributed by atoms with Gasteiger partial charge in [0.15, 0.2) is 5.79 Å². The van der Waals surface area contributed by atoms with Crippen LogP contribution in [0.2, 0.25) is 10.0 Å². The molecule has 106 valence electrons. The van der Waals surface area contributed by atoms with Gasteiger partial charge in [-0.05, 0) is 30.9 Å². The van der Waals surface area contributed by atoms with Crippen LogP contribution in [0, 0.1) is 5.41 Å². The third-order valence-corrected chi connectivity index (χ3v) is 3.74. The highest BCUT2D eigenvalue weighted by Gasteiger charge is 2.41. The first-order valence-electron chi connectivity index (χ1n) is 6.47. The quantitative estimate of drug-likeness (QED) is 0.764. The SMILES string of the molecule is CC(C)(C)CC1CO[C@](C)(c2ccc(Cl)cc2Cl)O1. The lowest BCUT2D eigenvalue weighted by Crippen LogP contribution is -2.26. The van der Waals surface area contributed by atoms with Crippen molar-refractivity contribution < 1.29 is 9.47 Å². The molecule has 0 spiro atoms. The van der Waals surface area contributed by atoms with Crippen LogP contribution in [0.25, 0.3) is 0 Å². The first-order chi connectivity index (χ1) is 8.70. The predicted molar refractivity (Wildman–Crippen MR) is 78.7 cm³/mol. The fraction of sp³-hybridized carbons (Fsp3) is 0.600. The maximum atomic E-state index is 6.24. The van der Waals surface area contributed by atoms with E-state index in [2.05, 4.69) is 20.8 Å². The van der Waals surface area contributed by atoms with Gasteiger partial charge < -0.3 is 9.47 Å². The van der Waals surface area contributed by atoms with E-state index in [4.69, 9.17) is 32.7 Å². The van der Waals surface area contributed by atoms with Crippen LogP contribution < -0.4 is 0 Å². The molecule has 1 aliphatic heterocycles. The molecule has 0 saturated carbocycles. The average molecular weight is 303 g/mol. The summed E-state index contributed by atoms with van der Waals surface area (Å²) in [5, 5.41) is 1.19. The Kier molecular flexibility index (Phi) is 4.18. The third kappa shape index (κ3) is 3.63. The minimum atomic E-state index is -0.780. The molecule has 2 nitrogen and oxygen atoms in total. The standard InChI is InChI=1S/C15H20Cl2O2/c1-14(2,3)8-11-9-18-15(4,19-11)12-6-5-10(16)7-13(12)17/h5-7,11H,8-9H2,1-4H3/t11?,15-/m0/s1. The Morgan fingerprint density at radius 2 is 2.00 bits per heavy atom. The van der Waals surface area contributed by atoms with E-state index in [-0.39, 0.29) is 11.5 Å². The van der Waals surface area contributed by atoms with Crippen molar-refractivity contribution in [3.05, 3.63) is 33.8 Å². The van der Waals surface area contributed by atoms with Gasteiger partial charge >= 0.3 is 0 Å². The van der Waals surface area contributed by atoms with Crippen molar-refractivity contribution in [3.63, 3.8) is 0 Å². The summed E-state index contributed by atoms with van der Waals surface area (Å²) < 4.78 is 11.9. The summed E-state index contributed by atoms with van der Waals surface area (Å²) in [6, 6.07) is 5.38. The summed E-state index contributed by atoms with van der Waals surface area (Å²) in [6.07, 6.45) is 1.05. The normalized spacial score (nSPS) is 27.8. The molecule has 0 aliphatic carbocycles. The molecule has 1 aromatic rings. The van der Waals surface area contributed by atoms with Crippen LogP contribution in [0.3, 0.4) is 0 Å². The minimum absolute atomic E-state index is 0.0942. The molecule has 0 N–H and O–H groups in total. The molecule has 1 unspecified atom stereocenters. The van der Waals surface area contributed by atoms with Crippen LogP contribution in [-0.4, -0.2) is 12.7 Å². The maximum Gasteiger partial charge on any atom is 0.193 e. The molecule has 0 bridgehead atoms. The number of hydrogen-bond acceptors (Lipinski definition) is 2. The molecule has 1 fully saturated rings. The number of rotatable bonds is 2. The number of hydrogen-bond donors (Lipinski definition) is 0. The second-order valence-electron chi connectivity index (χ2n) is 6.39. The molecule has 2 rings (SSSR count). The van der Waals surface area contributed by atoms with Crippen molar-refractivity contribution in [3.8, 4) is 0 Å². The highest BCUT2D eigenvalue weighted by molar-refractivity contribution is 6.35. The van der Waals surface area contributed by atoms with Gasteiger partial charge in [-0.25, -0.2) is 0 Å². The third-order valence-electron chi connectivity index (χ3n) is 3.20. The second-order valence-corrected chi connectivity index (χ2v) is 7.23. The van der Waals surface area contributed by atoms with E-state index >= 15 is 0 Å². The Morgan fingerprint density at radius 3 is 2.58 bits per heavy atom. The highest BCUT2D eigenvalue weighted by atomic mass is 35.5. The summed E-state index contributed by atoms with van der Waals surface area (Å²) in [7, 11) is 0. The smallest absolute Gasteiger partial charge is 0.193 e. The first kappa shape index (κ1) is 15.1. The van der Waals surface area contributed by atoms with Gasteiger partial charge in [0, 0.05) is 10.6 Å². The molecule has 4 heteroatoms. The lowest BCUT2D eigenvalue weighted by molar-refractivity contribution is -0.164. The summed E-state index contributed by atoms with van der Waals surface area (Å²) in [6.45, 7) is 9.08. The molecule has 0 aromatic heterocycles. The number of halogens is 2. The van der Waals surface area contributed by atoms with Gasteiger partial charge in [0.25, 0.3) is 0 Å². The summed E-state index contributed by atoms with van der Waals surface area (Å²) in [5.41, 5.74) is 1.04. The largest absolute Gasteiger partial charge is 0.343 e. The molecule has 0 radical (unpaired) electrons. The van der Waals surface area contributed by atoms with E-state index in [0.29, 0.717) is 16.7 Å². The van der Waals surface area contributed by atoms with Gasteiger partial charge in [-0.3, -0.25) is 0 Å². The molecule has 1 aromatic carbocycles. The van der Waals surface area contributed by atoms with Crippen LogP contribution in [0.5, 0.6) is 0 Å². The fourth-order valence-electron chi connectivity index (χ4n) is 2.42. The van der Waals surface area contributed by atoms with Gasteiger partial charge in [0.2, 0.25) is 0 Å². The zero-order chi connectivity index (χ0) is 14.3. The summed E-state index contributed by atoms with van der Waals surface area (Å²) in [4.78, 5) is 0. The highest BCUT2D eigenvalue weighted by Crippen LogP contribution is 2.40. The maximum absolute atomic E-state index is 6.24. The van der Waals surface area contributed by atoms with Gasteiger partial charge in [-0.1, -0.05) is 50.0 Å². The van der Waals surface area contributed by atoms with Crippen molar-refractivity contribution >= 4 is 23.2 Å². The van der Waals surface area contributed by atoms with Crippen LogP contribution in [0.15, 0.2) is 18.2 Å². The molecule has 1 heterocycles. The summed E-state index contributed by atoms with van der Waals surface area (Å²) >= 11 is 12.2. The Hall–Kier alpha value is -0.280. The molecule has 1 saturated heterocycles. The van der Waals surface area contributed by atoms with Crippen LogP contribution in [-0.2, 0) is 15.3 Å². The van der Waals surface area contributed by atoms with Gasteiger partial charge in [-0.2, -0.15) is 0 Å². The first-order valence-corrected chi connectivity index (χ1v) is 7.22. The molecule has 0 amide bonds. The zero-order valence-electron chi connectivity index (χ0n) is 11.8. The Morgan fingerprint density at radius 1 is 1.32 bits per heavy atom. The topological polar surface area (TPSA) is 18.5 Å². The molecule has 2 atom stereocenters. The lowest BCUT2D eigenvalue weighted by atomic mass is 9.89. The van der Waals surface area contributed by atoms with Crippen LogP contribution in [0.1, 0.15) is 39.7 Å². The van der Waals surface area contributed by atoms with Crippen molar-refractivity contribution in [2.45, 2.75) is 46.0 Å². The van der Waals surface area contributed by atoms with E-state index in [1.165, 1.54) is 0 Å². The van der Waals surface area contributed by atoms with Crippen molar-refractivity contribution in [1.82, 2.24) is 0 Å². The zero-order valence-corrected chi connectivity index (χ0v) is 13.3. The van der Waals surface area contributed by atoms with E-state index in [1.807, 2.05) is 13.0 Å². The van der Waals surface area contributed by atoms with E-state index in [0.717, 1.165) is 12.0 Å². The Balaban J connectivity index is 2.17. The molecule has 19 heavy (non-hydrogen) atoms. The van der Waals surface area contributed by atoms with Crippen LogP contribution >= 0.6 is 23.2 Å². The second kappa shape index (κ2) is 5.25. The molecule has 1 aliphatic rings. The van der Waals surface area contributed by atoms with Crippen LogP contribution in [0.4, 0.5) is 0 Å². The Labute approximate surface area is 125 Å². The monoisotopic (exact) mass is 302 g/mol. The molecular formula is C15H20Cl2O2. The van der Waals surface area contributed by atoms with Gasteiger partial charge in [0.05, 0.1) is 17.7 Å². The van der Waals surface area contributed by atoms with E-state index < -0.39 is 5.79 Å². The minimum Gasteiger partial charge on any atom is -0.343 e. The Bertz CT molecular complexity index is 468. The fourth-order valence-corrected chi connectivity index (χ4v) is 3.00. The number of benzene rings is 1. The lowest BCUT2D eigenvalue weighted by Gasteiger charge is -2.27. The van der Waals surface area contributed by atoms with Gasteiger partial charge in [-0.15, -0.1) is 0 Å². The average Bonchev–Trinajstić information content (AvgIpc) is 2.57. The molecular weight excluding hydrogens is 283 g/mol. The number of ether oxygens (including phenoxy) is 2. The van der Waals surface area contributed by atoms with E-state index in [1.54, 1.807) is 12.1 Å².